The van der Waals surface area contributed by atoms with E-state index in [4.69, 9.17) is 5.10 Å². The molecule has 0 bridgehead atoms. The summed E-state index contributed by atoms with van der Waals surface area (Å²) in [5.74, 6) is 2.29. The van der Waals surface area contributed by atoms with E-state index in [9.17, 15) is 0 Å². The Morgan fingerprint density at radius 1 is 1.00 bits per heavy atom. The Kier molecular flexibility index (Phi) is 9.78. The number of rotatable bonds is 9. The van der Waals surface area contributed by atoms with Crippen LogP contribution in [-0.4, -0.2) is 12.3 Å². The summed E-state index contributed by atoms with van der Waals surface area (Å²) in [6.45, 7) is 10.4. The van der Waals surface area contributed by atoms with Gasteiger partial charge in [0.25, 0.3) is 0 Å². The Morgan fingerprint density at radius 2 is 1.71 bits per heavy atom. The van der Waals surface area contributed by atoms with Crippen molar-refractivity contribution in [1.82, 2.24) is 5.43 Å². The summed E-state index contributed by atoms with van der Waals surface area (Å²) >= 11 is 0. The minimum atomic E-state index is 0.731. The van der Waals surface area contributed by atoms with Crippen LogP contribution in [0, 0.1) is 17.8 Å². The van der Waals surface area contributed by atoms with Gasteiger partial charge in [0.05, 0.1) is 0 Å². The third-order valence-corrected chi connectivity index (χ3v) is 5.25. The maximum absolute atomic E-state index is 4.79. The first-order valence-electron chi connectivity index (χ1n) is 9.48. The first-order valence-corrected chi connectivity index (χ1v) is 9.48. The highest BCUT2D eigenvalue weighted by Gasteiger charge is 2.20. The fourth-order valence-corrected chi connectivity index (χ4v) is 3.25. The van der Waals surface area contributed by atoms with E-state index in [1.165, 1.54) is 69.9 Å². The minimum Gasteiger partial charge on any atom is -0.310 e. The monoisotopic (exact) mass is 294 g/mol. The molecule has 3 atom stereocenters. The van der Waals surface area contributed by atoms with Crippen LogP contribution < -0.4 is 5.43 Å². The summed E-state index contributed by atoms with van der Waals surface area (Å²) in [5.41, 5.74) is 4.83. The summed E-state index contributed by atoms with van der Waals surface area (Å²) in [6, 6.07) is 0. The van der Waals surface area contributed by atoms with Crippen molar-refractivity contribution in [2.45, 2.75) is 91.9 Å². The first-order chi connectivity index (χ1) is 10.2. The zero-order valence-corrected chi connectivity index (χ0v) is 15.0. The van der Waals surface area contributed by atoms with Crippen molar-refractivity contribution in [2.24, 2.45) is 22.9 Å². The van der Waals surface area contributed by atoms with Crippen molar-refractivity contribution in [3.8, 4) is 0 Å². The molecular formula is C19H38N2. The number of hydrazone groups is 1. The van der Waals surface area contributed by atoms with Crippen LogP contribution in [0.25, 0.3) is 0 Å². The first kappa shape index (κ1) is 18.5. The fourth-order valence-electron chi connectivity index (χ4n) is 3.25. The van der Waals surface area contributed by atoms with Crippen molar-refractivity contribution in [1.29, 1.82) is 0 Å². The van der Waals surface area contributed by atoms with Crippen LogP contribution in [0.2, 0.25) is 0 Å². The molecule has 1 heterocycles. The molecule has 0 spiro atoms. The Balaban J connectivity index is 2.55. The van der Waals surface area contributed by atoms with E-state index >= 15 is 0 Å². The number of unbranched alkanes of at least 4 members (excludes halogenated alkanes) is 4. The second kappa shape index (κ2) is 11.1. The lowest BCUT2D eigenvalue weighted by Crippen LogP contribution is -2.29. The maximum atomic E-state index is 4.79. The molecule has 0 aromatic carbocycles. The highest BCUT2D eigenvalue weighted by Crippen LogP contribution is 2.25. The second-order valence-corrected chi connectivity index (χ2v) is 7.15. The lowest BCUT2D eigenvalue weighted by Gasteiger charge is -2.26. The predicted octanol–water partition coefficient (Wildman–Crippen LogP) is 5.77. The van der Waals surface area contributed by atoms with Gasteiger partial charge in [-0.15, -0.1) is 0 Å². The van der Waals surface area contributed by atoms with Crippen molar-refractivity contribution in [3.63, 3.8) is 0 Å². The molecule has 1 rings (SSSR count). The molecule has 3 unspecified atom stereocenters. The molecule has 21 heavy (non-hydrogen) atoms. The average molecular weight is 295 g/mol. The smallest absolute Gasteiger partial charge is 0.0409 e. The van der Waals surface area contributed by atoms with E-state index in [0.717, 1.165) is 24.3 Å². The van der Waals surface area contributed by atoms with Gasteiger partial charge >= 0.3 is 0 Å². The largest absolute Gasteiger partial charge is 0.310 e. The van der Waals surface area contributed by atoms with Gasteiger partial charge in [-0.2, -0.15) is 5.10 Å². The van der Waals surface area contributed by atoms with E-state index in [1.807, 2.05) is 0 Å². The van der Waals surface area contributed by atoms with Crippen LogP contribution in [0.4, 0.5) is 0 Å². The average Bonchev–Trinajstić information content (AvgIpc) is 2.48. The molecule has 2 heteroatoms. The zero-order chi connectivity index (χ0) is 15.5. The van der Waals surface area contributed by atoms with Gasteiger partial charge in [-0.3, -0.25) is 0 Å². The van der Waals surface area contributed by atoms with Crippen LogP contribution in [-0.2, 0) is 0 Å². The molecule has 0 radical (unpaired) electrons. The number of nitrogens with one attached hydrogen (secondary N) is 1. The molecular weight excluding hydrogens is 256 g/mol. The molecule has 0 saturated carbocycles. The van der Waals surface area contributed by atoms with Crippen molar-refractivity contribution in [3.05, 3.63) is 0 Å². The molecule has 0 aliphatic carbocycles. The summed E-state index contributed by atoms with van der Waals surface area (Å²) in [6.07, 6.45) is 13.4. The van der Waals surface area contributed by atoms with Crippen LogP contribution in [0.1, 0.15) is 91.9 Å². The van der Waals surface area contributed by atoms with Gasteiger partial charge in [-0.05, 0) is 43.4 Å². The van der Waals surface area contributed by atoms with E-state index in [2.05, 4.69) is 33.1 Å². The third-order valence-electron chi connectivity index (χ3n) is 5.25. The Bertz CT molecular complexity index is 285. The predicted molar refractivity (Wildman–Crippen MR) is 94.8 cm³/mol. The van der Waals surface area contributed by atoms with Gasteiger partial charge in [-0.1, -0.05) is 66.2 Å². The van der Waals surface area contributed by atoms with Crippen molar-refractivity contribution < 1.29 is 0 Å². The number of hydrogen-bond donors (Lipinski definition) is 1. The lowest BCUT2D eigenvalue weighted by molar-refractivity contribution is 0.342. The highest BCUT2D eigenvalue weighted by molar-refractivity contribution is 5.86. The number of nitrogens with zero attached hydrogens (tertiary/aromatic N) is 1. The SMILES string of the molecule is CCCCCCC(CCCC)/C1=N/NCC(C)C(C)CC1. The van der Waals surface area contributed by atoms with Crippen LogP contribution in [0.3, 0.4) is 0 Å². The second-order valence-electron chi connectivity index (χ2n) is 7.15. The molecule has 0 aromatic rings. The standard InChI is InChI=1S/C19H38N2/c1-5-7-9-10-12-18(11-8-6-2)19-14-13-16(3)17(4)15-20-21-19/h16-18,20H,5-15H2,1-4H3/b21-19+. The third kappa shape index (κ3) is 7.33. The van der Waals surface area contributed by atoms with E-state index in [1.54, 1.807) is 0 Å². The van der Waals surface area contributed by atoms with Crippen molar-refractivity contribution in [2.75, 3.05) is 6.54 Å². The van der Waals surface area contributed by atoms with E-state index in [0.29, 0.717) is 0 Å². The van der Waals surface area contributed by atoms with Gasteiger partial charge < -0.3 is 5.43 Å². The van der Waals surface area contributed by atoms with Gasteiger partial charge in [-0.25, -0.2) is 0 Å². The molecule has 0 amide bonds. The summed E-state index contributed by atoms with van der Waals surface area (Å²) in [4.78, 5) is 0. The minimum absolute atomic E-state index is 0.731. The van der Waals surface area contributed by atoms with Gasteiger partial charge in [0.15, 0.2) is 0 Å². The Labute approximate surface area is 133 Å². The number of hydrogen-bond acceptors (Lipinski definition) is 2. The topological polar surface area (TPSA) is 24.4 Å². The van der Waals surface area contributed by atoms with Crippen molar-refractivity contribution >= 4 is 5.71 Å². The summed E-state index contributed by atoms with van der Waals surface area (Å²) < 4.78 is 0. The summed E-state index contributed by atoms with van der Waals surface area (Å²) in [5, 5.41) is 4.79. The van der Waals surface area contributed by atoms with Crippen LogP contribution >= 0.6 is 0 Å². The molecule has 2 nitrogen and oxygen atoms in total. The van der Waals surface area contributed by atoms with Gasteiger partial charge in [0.2, 0.25) is 0 Å². The molecule has 1 aliphatic heterocycles. The maximum Gasteiger partial charge on any atom is 0.0409 e. The fraction of sp³-hybridized carbons (Fsp3) is 0.947. The molecule has 1 aliphatic rings. The molecule has 0 fully saturated rings. The molecule has 0 aromatic heterocycles. The molecule has 124 valence electrons. The molecule has 0 saturated heterocycles. The zero-order valence-electron chi connectivity index (χ0n) is 15.0. The Hall–Kier alpha value is -0.530. The van der Waals surface area contributed by atoms with E-state index in [-0.39, 0.29) is 0 Å². The van der Waals surface area contributed by atoms with Gasteiger partial charge in [0, 0.05) is 12.3 Å². The van der Waals surface area contributed by atoms with E-state index < -0.39 is 0 Å². The van der Waals surface area contributed by atoms with Gasteiger partial charge in [0.1, 0.15) is 0 Å². The quantitative estimate of drug-likeness (QED) is 0.536. The summed E-state index contributed by atoms with van der Waals surface area (Å²) in [7, 11) is 0. The van der Waals surface area contributed by atoms with Crippen LogP contribution in [0.5, 0.6) is 0 Å². The Morgan fingerprint density at radius 3 is 2.43 bits per heavy atom. The molecule has 1 N–H and O–H groups in total. The van der Waals surface area contributed by atoms with Crippen LogP contribution in [0.15, 0.2) is 5.10 Å². The lowest BCUT2D eigenvalue weighted by atomic mass is 9.84. The highest BCUT2D eigenvalue weighted by atomic mass is 15.3. The normalized spacial score (nSPS) is 27.1.